The summed E-state index contributed by atoms with van der Waals surface area (Å²) < 4.78 is 0. The average Bonchev–Trinajstić information content (AvgIpc) is 2.93. The number of carbonyl (C=O) groups is 2. The first-order valence-electron chi connectivity index (χ1n) is 7.43. The fourth-order valence-corrected chi connectivity index (χ4v) is 3.43. The van der Waals surface area contributed by atoms with Crippen molar-refractivity contribution in [3.05, 3.63) is 35.4 Å². The lowest BCUT2D eigenvalue weighted by Gasteiger charge is -2.41. The number of carboxylic acid groups (broad SMARTS) is 1. The Bertz CT molecular complexity index is 572. The second-order valence-electron chi connectivity index (χ2n) is 5.90. The van der Waals surface area contributed by atoms with Gasteiger partial charge in [-0.1, -0.05) is 18.2 Å². The van der Waals surface area contributed by atoms with Gasteiger partial charge in [-0.3, -0.25) is 9.69 Å². The molecule has 0 spiro atoms. The summed E-state index contributed by atoms with van der Waals surface area (Å²) in [5.74, 6) is -0.736. The van der Waals surface area contributed by atoms with E-state index < -0.39 is 5.97 Å². The molecule has 3 rings (SSSR count). The molecule has 1 N–H and O–H groups in total. The summed E-state index contributed by atoms with van der Waals surface area (Å²) >= 11 is 0. The zero-order valence-corrected chi connectivity index (χ0v) is 12.2. The summed E-state index contributed by atoms with van der Waals surface area (Å²) in [5, 5.41) is 9.27. The monoisotopic (exact) mass is 288 g/mol. The molecule has 2 fully saturated rings. The first kappa shape index (κ1) is 14.1. The van der Waals surface area contributed by atoms with Crippen LogP contribution < -0.4 is 0 Å². The van der Waals surface area contributed by atoms with Gasteiger partial charge >= 0.3 is 5.97 Å². The number of piperazine rings is 1. The van der Waals surface area contributed by atoms with Gasteiger partial charge < -0.3 is 10.0 Å². The minimum Gasteiger partial charge on any atom is -0.478 e. The predicted octanol–water partition coefficient (Wildman–Crippen LogP) is 1.58. The molecule has 2 heterocycles. The van der Waals surface area contributed by atoms with E-state index >= 15 is 0 Å². The third-order valence-electron chi connectivity index (χ3n) is 4.63. The van der Waals surface area contributed by atoms with Crippen LogP contribution in [0.4, 0.5) is 0 Å². The van der Waals surface area contributed by atoms with E-state index in [0.717, 1.165) is 31.5 Å². The maximum atomic E-state index is 12.4. The molecule has 2 atom stereocenters. The molecule has 0 radical (unpaired) electrons. The summed E-state index contributed by atoms with van der Waals surface area (Å²) in [6.07, 6.45) is 2.12. The molecule has 21 heavy (non-hydrogen) atoms. The maximum absolute atomic E-state index is 12.4. The van der Waals surface area contributed by atoms with Crippen LogP contribution in [0.3, 0.4) is 0 Å². The number of rotatable bonds is 3. The molecular formula is C16H20N2O3. The van der Waals surface area contributed by atoms with Crippen molar-refractivity contribution >= 4 is 11.9 Å². The Labute approximate surface area is 124 Å². The lowest BCUT2D eigenvalue weighted by molar-refractivity contribution is -0.143. The third kappa shape index (κ3) is 2.53. The number of amides is 1. The fourth-order valence-electron chi connectivity index (χ4n) is 3.43. The molecule has 1 aromatic carbocycles. The van der Waals surface area contributed by atoms with Crippen LogP contribution in [-0.4, -0.2) is 52.0 Å². The van der Waals surface area contributed by atoms with Gasteiger partial charge in [-0.15, -0.1) is 0 Å². The Kier molecular flexibility index (Phi) is 3.68. The Morgan fingerprint density at radius 1 is 1.38 bits per heavy atom. The Balaban J connectivity index is 1.81. The molecule has 1 aromatic rings. The van der Waals surface area contributed by atoms with Crippen LogP contribution in [0.2, 0.25) is 0 Å². The van der Waals surface area contributed by atoms with Gasteiger partial charge in [0.05, 0.1) is 11.6 Å². The Morgan fingerprint density at radius 3 is 2.90 bits per heavy atom. The summed E-state index contributed by atoms with van der Waals surface area (Å²) in [5.41, 5.74) is 1.10. The standard InChI is InChI=1S/C16H20N2O3/c1-11-15(19)18-8-4-6-13(18)10-17(11)9-12-5-2-3-7-14(12)16(20)21/h2-3,5,7,11,13H,4,6,8-10H2,1H3,(H,20,21)/t11-,13-/m1/s1. The lowest BCUT2D eigenvalue weighted by atomic mass is 10.0. The van der Waals surface area contributed by atoms with Crippen molar-refractivity contribution in [3.8, 4) is 0 Å². The zero-order valence-electron chi connectivity index (χ0n) is 12.2. The van der Waals surface area contributed by atoms with Gasteiger partial charge in [-0.25, -0.2) is 4.79 Å². The quantitative estimate of drug-likeness (QED) is 0.917. The van der Waals surface area contributed by atoms with Crippen LogP contribution in [-0.2, 0) is 11.3 Å². The number of carboxylic acids is 1. The van der Waals surface area contributed by atoms with Crippen molar-refractivity contribution in [2.75, 3.05) is 13.1 Å². The SMILES string of the molecule is C[C@@H]1C(=O)N2CCC[C@@H]2CN1Cc1ccccc1C(=O)O. The summed E-state index contributed by atoms with van der Waals surface area (Å²) in [7, 11) is 0. The zero-order chi connectivity index (χ0) is 15.0. The van der Waals surface area contributed by atoms with E-state index in [0.29, 0.717) is 18.2 Å². The molecule has 2 aliphatic rings. The maximum Gasteiger partial charge on any atom is 0.336 e. The normalized spacial score (nSPS) is 26.0. The van der Waals surface area contributed by atoms with Crippen molar-refractivity contribution in [2.24, 2.45) is 0 Å². The topological polar surface area (TPSA) is 60.9 Å². The minimum absolute atomic E-state index is 0.177. The molecule has 0 saturated carbocycles. The van der Waals surface area contributed by atoms with Gasteiger partial charge in [0.15, 0.2) is 0 Å². The molecular weight excluding hydrogens is 268 g/mol. The van der Waals surface area contributed by atoms with Crippen molar-refractivity contribution in [3.63, 3.8) is 0 Å². The minimum atomic E-state index is -0.913. The van der Waals surface area contributed by atoms with Crippen molar-refractivity contribution in [2.45, 2.75) is 38.4 Å². The van der Waals surface area contributed by atoms with Gasteiger partial charge in [0.25, 0.3) is 0 Å². The van der Waals surface area contributed by atoms with Crippen molar-refractivity contribution in [1.29, 1.82) is 0 Å². The van der Waals surface area contributed by atoms with Gasteiger partial charge in [0.1, 0.15) is 0 Å². The number of benzene rings is 1. The van der Waals surface area contributed by atoms with Gasteiger partial charge in [-0.2, -0.15) is 0 Å². The molecule has 0 bridgehead atoms. The molecule has 5 nitrogen and oxygen atoms in total. The van der Waals surface area contributed by atoms with Gasteiger partial charge in [0.2, 0.25) is 5.91 Å². The van der Waals surface area contributed by atoms with E-state index in [2.05, 4.69) is 4.90 Å². The van der Waals surface area contributed by atoms with Gasteiger partial charge in [-0.05, 0) is 31.4 Å². The highest BCUT2D eigenvalue weighted by Crippen LogP contribution is 2.27. The molecule has 2 aliphatic heterocycles. The van der Waals surface area contributed by atoms with Crippen LogP contribution in [0.1, 0.15) is 35.7 Å². The lowest BCUT2D eigenvalue weighted by Crippen LogP contribution is -2.58. The highest BCUT2D eigenvalue weighted by molar-refractivity contribution is 5.89. The van der Waals surface area contributed by atoms with Crippen molar-refractivity contribution < 1.29 is 14.7 Å². The van der Waals surface area contributed by atoms with Crippen molar-refractivity contribution in [1.82, 2.24) is 9.80 Å². The average molecular weight is 288 g/mol. The van der Waals surface area contributed by atoms with E-state index in [4.69, 9.17) is 0 Å². The van der Waals surface area contributed by atoms with E-state index in [1.807, 2.05) is 24.0 Å². The molecule has 5 heteroatoms. The highest BCUT2D eigenvalue weighted by atomic mass is 16.4. The van der Waals surface area contributed by atoms with E-state index in [9.17, 15) is 14.7 Å². The molecule has 0 unspecified atom stereocenters. The van der Waals surface area contributed by atoms with Crippen LogP contribution in [0, 0.1) is 0 Å². The van der Waals surface area contributed by atoms with Crippen LogP contribution in [0.25, 0.3) is 0 Å². The summed E-state index contributed by atoms with van der Waals surface area (Å²) in [4.78, 5) is 27.8. The molecule has 0 aromatic heterocycles. The Hall–Kier alpha value is -1.88. The largest absolute Gasteiger partial charge is 0.478 e. The number of nitrogens with zero attached hydrogens (tertiary/aromatic N) is 2. The summed E-state index contributed by atoms with van der Waals surface area (Å²) in [6.45, 7) is 4.13. The van der Waals surface area contributed by atoms with E-state index in [1.54, 1.807) is 12.1 Å². The molecule has 1 amide bonds. The van der Waals surface area contributed by atoms with Gasteiger partial charge in [0, 0.05) is 25.7 Å². The molecule has 0 aliphatic carbocycles. The fraction of sp³-hybridized carbons (Fsp3) is 0.500. The summed E-state index contributed by atoms with van der Waals surface area (Å²) in [6, 6.07) is 7.15. The second-order valence-corrected chi connectivity index (χ2v) is 5.90. The number of carbonyl (C=O) groups excluding carboxylic acids is 1. The first-order valence-corrected chi connectivity index (χ1v) is 7.43. The van der Waals surface area contributed by atoms with E-state index in [1.165, 1.54) is 0 Å². The Morgan fingerprint density at radius 2 is 2.14 bits per heavy atom. The van der Waals surface area contributed by atoms with Crippen LogP contribution in [0.5, 0.6) is 0 Å². The second kappa shape index (κ2) is 5.48. The highest BCUT2D eigenvalue weighted by Gasteiger charge is 2.40. The molecule has 2 saturated heterocycles. The number of hydrogen-bond donors (Lipinski definition) is 1. The number of aromatic carboxylic acids is 1. The molecule has 112 valence electrons. The van der Waals surface area contributed by atoms with Crippen LogP contribution >= 0.6 is 0 Å². The van der Waals surface area contributed by atoms with E-state index in [-0.39, 0.29) is 11.9 Å². The number of fused-ring (bicyclic) bond motifs is 1. The first-order chi connectivity index (χ1) is 10.1. The third-order valence-corrected chi connectivity index (χ3v) is 4.63. The number of hydrogen-bond acceptors (Lipinski definition) is 3. The predicted molar refractivity (Wildman–Crippen MR) is 78.0 cm³/mol. The van der Waals surface area contributed by atoms with Crippen LogP contribution in [0.15, 0.2) is 24.3 Å². The smallest absolute Gasteiger partial charge is 0.336 e.